The van der Waals surface area contributed by atoms with Crippen molar-refractivity contribution in [3.8, 4) is 0 Å². The molecule has 20 heavy (non-hydrogen) atoms. The molecule has 0 saturated carbocycles. The van der Waals surface area contributed by atoms with E-state index in [4.69, 9.17) is 21.4 Å². The van der Waals surface area contributed by atoms with E-state index in [9.17, 15) is 30.9 Å². The average molecular weight is 353 g/mol. The van der Waals surface area contributed by atoms with Crippen LogP contribution in [0.15, 0.2) is 0 Å². The minimum absolute atomic E-state index is 0.530. The highest BCUT2D eigenvalue weighted by atomic mass is 35.5. The first-order valence-corrected chi connectivity index (χ1v) is 7.19. The molecular weight excluding hydrogens is 340 g/mol. The predicted molar refractivity (Wildman–Crippen MR) is 57.4 cm³/mol. The van der Waals surface area contributed by atoms with E-state index in [1.165, 1.54) is 0 Å². The number of halogens is 7. The van der Waals surface area contributed by atoms with Crippen LogP contribution < -0.4 is 0 Å². The predicted octanol–water partition coefficient (Wildman–Crippen LogP) is 3.41. The number of hydrogen-bond donors (Lipinski definition) is 2. The van der Waals surface area contributed by atoms with Crippen molar-refractivity contribution in [3.05, 3.63) is 0 Å². The fourth-order valence-corrected chi connectivity index (χ4v) is 2.60. The van der Waals surface area contributed by atoms with Crippen molar-refractivity contribution in [1.29, 1.82) is 0 Å². The van der Waals surface area contributed by atoms with Crippen LogP contribution in [0.3, 0.4) is 0 Å². The number of ether oxygens (including phenoxy) is 1. The zero-order valence-corrected chi connectivity index (χ0v) is 11.7. The Labute approximate surface area is 115 Å². The Kier molecular flexibility index (Phi) is 6.39. The van der Waals surface area contributed by atoms with Gasteiger partial charge in [-0.2, -0.15) is 26.3 Å². The van der Waals surface area contributed by atoms with Gasteiger partial charge in [-0.15, -0.1) is 11.6 Å². The lowest BCUT2D eigenvalue weighted by molar-refractivity contribution is -0.217. The number of alkyl halides is 7. The van der Waals surface area contributed by atoms with Gasteiger partial charge in [0, 0.05) is 5.88 Å². The van der Waals surface area contributed by atoms with Crippen LogP contribution in [0.25, 0.3) is 0 Å². The second-order valence-electron chi connectivity index (χ2n) is 4.16. The van der Waals surface area contributed by atoms with E-state index in [0.29, 0.717) is 0 Å². The average Bonchev–Trinajstić information content (AvgIpc) is 2.09. The minimum atomic E-state index is -5.89. The Hall–Kier alpha value is -0.0200. The maximum atomic E-state index is 12.4. The molecule has 12 heteroatoms. The van der Waals surface area contributed by atoms with Gasteiger partial charge in [0.2, 0.25) is 0 Å². The Balaban J connectivity index is 5.71. The van der Waals surface area contributed by atoms with Gasteiger partial charge in [0.1, 0.15) is 0 Å². The van der Waals surface area contributed by atoms with Crippen LogP contribution in [0.4, 0.5) is 26.3 Å². The first-order chi connectivity index (χ1) is 8.62. The zero-order chi connectivity index (χ0) is 16.4. The molecule has 0 aliphatic rings. The summed E-state index contributed by atoms with van der Waals surface area (Å²) in [6, 6.07) is 0. The van der Waals surface area contributed by atoms with Crippen LogP contribution in [0.1, 0.15) is 19.8 Å². The Bertz CT molecular complexity index is 349. The molecule has 0 aliphatic carbocycles. The normalized spacial score (nSPS) is 16.3. The van der Waals surface area contributed by atoms with Crippen LogP contribution in [0.5, 0.6) is 0 Å². The van der Waals surface area contributed by atoms with Crippen LogP contribution >= 0.6 is 19.2 Å². The largest absolute Gasteiger partial charge is 0.392 e. The summed E-state index contributed by atoms with van der Waals surface area (Å²) in [4.78, 5) is 17.9. The van der Waals surface area contributed by atoms with E-state index < -0.39 is 50.1 Å². The summed E-state index contributed by atoms with van der Waals surface area (Å²) in [6.07, 6.45) is -16.8. The molecule has 4 nitrogen and oxygen atoms in total. The van der Waals surface area contributed by atoms with Crippen molar-refractivity contribution in [2.75, 3.05) is 5.88 Å². The standard InChI is InChI=1S/C8H12ClF6O4P/c1-5(2-9)19-6(20(16,17)18,3-7(10,11)12)4-8(13,14)15/h5H,2-4H2,1H3,(H2,16,17,18). The fraction of sp³-hybridized carbons (Fsp3) is 1.00. The lowest BCUT2D eigenvalue weighted by atomic mass is 10.1. The van der Waals surface area contributed by atoms with Crippen molar-refractivity contribution < 1.29 is 45.4 Å². The molecule has 2 N–H and O–H groups in total. The van der Waals surface area contributed by atoms with Crippen LogP contribution in [0, 0.1) is 0 Å². The van der Waals surface area contributed by atoms with Gasteiger partial charge in [0.25, 0.3) is 0 Å². The zero-order valence-electron chi connectivity index (χ0n) is 10.0. The van der Waals surface area contributed by atoms with Crippen molar-refractivity contribution >= 4 is 19.2 Å². The highest BCUT2D eigenvalue weighted by Gasteiger charge is 2.60. The fourth-order valence-electron chi connectivity index (χ4n) is 1.45. The first kappa shape index (κ1) is 20.0. The Morgan fingerprint density at radius 2 is 1.45 bits per heavy atom. The quantitative estimate of drug-likeness (QED) is 0.437. The van der Waals surface area contributed by atoms with E-state index in [1.807, 2.05) is 0 Å². The molecule has 0 aromatic rings. The molecule has 0 amide bonds. The SMILES string of the molecule is CC(CCl)OC(CC(F)(F)F)(CC(F)(F)F)P(=O)(O)O. The van der Waals surface area contributed by atoms with Gasteiger partial charge in [-0.25, -0.2) is 0 Å². The summed E-state index contributed by atoms with van der Waals surface area (Å²) in [6.45, 7) is 1.00. The van der Waals surface area contributed by atoms with Gasteiger partial charge in [0.15, 0.2) is 5.34 Å². The molecular formula is C8H12ClF6O4P. The topological polar surface area (TPSA) is 66.8 Å². The van der Waals surface area contributed by atoms with Crippen LogP contribution in [0.2, 0.25) is 0 Å². The first-order valence-electron chi connectivity index (χ1n) is 5.05. The molecule has 0 aliphatic heterocycles. The van der Waals surface area contributed by atoms with Gasteiger partial charge in [-0.05, 0) is 6.92 Å². The molecule has 0 fully saturated rings. The molecule has 0 spiro atoms. The molecule has 0 saturated heterocycles. The van der Waals surface area contributed by atoms with Crippen molar-refractivity contribution in [3.63, 3.8) is 0 Å². The summed E-state index contributed by atoms with van der Waals surface area (Å²) in [5.41, 5.74) is 0. The minimum Gasteiger partial charge on any atom is -0.357 e. The molecule has 122 valence electrons. The second kappa shape index (κ2) is 6.39. The lowest BCUT2D eigenvalue weighted by Gasteiger charge is -2.37. The van der Waals surface area contributed by atoms with Gasteiger partial charge < -0.3 is 14.5 Å². The highest BCUT2D eigenvalue weighted by molar-refractivity contribution is 7.53. The van der Waals surface area contributed by atoms with Gasteiger partial charge in [-0.1, -0.05) is 0 Å². The molecule has 1 atom stereocenters. The van der Waals surface area contributed by atoms with Gasteiger partial charge >= 0.3 is 19.9 Å². The lowest BCUT2D eigenvalue weighted by Crippen LogP contribution is -2.44. The molecule has 0 aromatic heterocycles. The second-order valence-corrected chi connectivity index (χ2v) is 6.37. The summed E-state index contributed by atoms with van der Waals surface area (Å²) in [7, 11) is -5.89. The van der Waals surface area contributed by atoms with Crippen molar-refractivity contribution in [2.45, 2.75) is 43.6 Å². The highest BCUT2D eigenvalue weighted by Crippen LogP contribution is 2.60. The maximum Gasteiger partial charge on any atom is 0.392 e. The summed E-state index contributed by atoms with van der Waals surface area (Å²) < 4.78 is 89.9. The van der Waals surface area contributed by atoms with E-state index in [2.05, 4.69) is 4.74 Å². The monoisotopic (exact) mass is 352 g/mol. The van der Waals surface area contributed by atoms with E-state index in [1.54, 1.807) is 0 Å². The number of rotatable bonds is 6. The van der Waals surface area contributed by atoms with Crippen LogP contribution in [-0.2, 0) is 9.30 Å². The maximum absolute atomic E-state index is 12.4. The molecule has 0 heterocycles. The molecule has 0 aromatic carbocycles. The summed E-state index contributed by atoms with van der Waals surface area (Å²) in [5, 5.41) is -3.74. The van der Waals surface area contributed by atoms with E-state index in [-0.39, 0.29) is 0 Å². The third-order valence-corrected chi connectivity index (χ3v) is 4.04. The van der Waals surface area contributed by atoms with E-state index >= 15 is 0 Å². The Morgan fingerprint density at radius 1 is 1.10 bits per heavy atom. The van der Waals surface area contributed by atoms with Gasteiger partial charge in [-0.3, -0.25) is 4.57 Å². The van der Waals surface area contributed by atoms with Crippen molar-refractivity contribution in [1.82, 2.24) is 0 Å². The molecule has 1 unspecified atom stereocenters. The molecule has 0 radical (unpaired) electrons. The molecule has 0 bridgehead atoms. The van der Waals surface area contributed by atoms with E-state index in [0.717, 1.165) is 6.92 Å². The third-order valence-electron chi connectivity index (χ3n) is 2.12. The summed E-state index contributed by atoms with van der Waals surface area (Å²) in [5.74, 6) is -0.530. The van der Waals surface area contributed by atoms with Crippen molar-refractivity contribution in [2.24, 2.45) is 0 Å². The third kappa shape index (κ3) is 6.62. The Morgan fingerprint density at radius 3 is 1.65 bits per heavy atom. The summed E-state index contributed by atoms with van der Waals surface area (Å²) >= 11 is 5.21. The molecule has 0 rings (SSSR count). The smallest absolute Gasteiger partial charge is 0.357 e. The number of hydrogen-bond acceptors (Lipinski definition) is 2. The van der Waals surface area contributed by atoms with Gasteiger partial charge in [0.05, 0.1) is 18.9 Å². The van der Waals surface area contributed by atoms with Crippen LogP contribution in [-0.4, -0.2) is 39.5 Å².